The fourth-order valence-corrected chi connectivity index (χ4v) is 2.73. The van der Waals surface area contributed by atoms with Gasteiger partial charge in [0.15, 0.2) is 0 Å². The van der Waals surface area contributed by atoms with Crippen LogP contribution in [0.15, 0.2) is 18.2 Å². The largest absolute Gasteiger partial charge is 0.375 e. The molecule has 1 aliphatic rings. The van der Waals surface area contributed by atoms with E-state index in [1.165, 1.54) is 0 Å². The van der Waals surface area contributed by atoms with E-state index in [-0.39, 0.29) is 23.0 Å². The topological polar surface area (TPSA) is 75.4 Å². The quantitative estimate of drug-likeness (QED) is 0.894. The molecule has 0 radical (unpaired) electrons. The van der Waals surface area contributed by atoms with Gasteiger partial charge in [-0.15, -0.1) is 0 Å². The van der Waals surface area contributed by atoms with Crippen molar-refractivity contribution in [2.75, 3.05) is 25.0 Å². The van der Waals surface area contributed by atoms with Gasteiger partial charge in [0.1, 0.15) is 0 Å². The number of piperidine rings is 1. The van der Waals surface area contributed by atoms with Crippen molar-refractivity contribution in [1.82, 2.24) is 4.90 Å². The van der Waals surface area contributed by atoms with Crippen molar-refractivity contribution in [1.29, 1.82) is 0 Å². The second-order valence-electron chi connectivity index (χ2n) is 5.44. The maximum absolute atomic E-state index is 12.2. The molecule has 0 aromatic heterocycles. The average molecular weight is 310 g/mol. The number of halogens is 1. The van der Waals surface area contributed by atoms with E-state index in [4.69, 9.17) is 17.3 Å². The third-order valence-electron chi connectivity index (χ3n) is 3.83. The van der Waals surface area contributed by atoms with Crippen LogP contribution in [0.2, 0.25) is 5.02 Å². The van der Waals surface area contributed by atoms with Crippen molar-refractivity contribution in [3.05, 3.63) is 28.8 Å². The minimum absolute atomic E-state index is 0.0253. The molecule has 2 amide bonds. The molecule has 1 fully saturated rings. The molecule has 1 aromatic carbocycles. The smallest absolute Gasteiger partial charge is 0.252 e. The summed E-state index contributed by atoms with van der Waals surface area (Å²) in [5, 5.41) is 3.25. The number of nitrogens with zero attached hydrogens (tertiary/aromatic N) is 1. The van der Waals surface area contributed by atoms with E-state index in [1.54, 1.807) is 18.2 Å². The SMILES string of the molecule is CC1CCN(C(=O)CNc2cccc(Cl)c2C(N)=O)CC1. The van der Waals surface area contributed by atoms with Crippen LogP contribution in [0, 0.1) is 5.92 Å². The van der Waals surface area contributed by atoms with Gasteiger partial charge >= 0.3 is 0 Å². The fourth-order valence-electron chi connectivity index (χ4n) is 2.46. The number of likely N-dealkylation sites (tertiary alicyclic amines) is 1. The first kappa shape index (κ1) is 15.6. The molecule has 6 heteroatoms. The van der Waals surface area contributed by atoms with Gasteiger partial charge in [-0.2, -0.15) is 0 Å². The van der Waals surface area contributed by atoms with Crippen LogP contribution >= 0.6 is 11.6 Å². The van der Waals surface area contributed by atoms with Crippen molar-refractivity contribution >= 4 is 29.1 Å². The van der Waals surface area contributed by atoms with Crippen LogP contribution in [0.25, 0.3) is 0 Å². The van der Waals surface area contributed by atoms with Gasteiger partial charge in [0.25, 0.3) is 5.91 Å². The Balaban J connectivity index is 1.98. The van der Waals surface area contributed by atoms with Crippen molar-refractivity contribution in [3.8, 4) is 0 Å². The number of hydrogen-bond acceptors (Lipinski definition) is 3. The Morgan fingerprint density at radius 1 is 1.38 bits per heavy atom. The van der Waals surface area contributed by atoms with Gasteiger partial charge in [-0.25, -0.2) is 0 Å². The molecular weight excluding hydrogens is 290 g/mol. The van der Waals surface area contributed by atoms with Crippen molar-refractivity contribution in [2.45, 2.75) is 19.8 Å². The predicted octanol–water partition coefficient (Wildman–Crippen LogP) is 2.11. The molecule has 1 aromatic rings. The number of carbonyl (C=O) groups excluding carboxylic acids is 2. The first-order valence-electron chi connectivity index (χ1n) is 7.09. The highest BCUT2D eigenvalue weighted by atomic mass is 35.5. The Labute approximate surface area is 129 Å². The van der Waals surface area contributed by atoms with Gasteiger partial charge in [-0.05, 0) is 30.9 Å². The van der Waals surface area contributed by atoms with E-state index < -0.39 is 5.91 Å². The summed E-state index contributed by atoms with van der Waals surface area (Å²) in [5.41, 5.74) is 6.04. The molecule has 0 saturated carbocycles. The molecule has 114 valence electrons. The zero-order valence-electron chi connectivity index (χ0n) is 12.1. The summed E-state index contributed by atoms with van der Waals surface area (Å²) in [6, 6.07) is 5.00. The molecule has 0 unspecified atom stereocenters. The van der Waals surface area contributed by atoms with Crippen LogP contribution in [0.5, 0.6) is 0 Å². The number of benzene rings is 1. The molecule has 0 bridgehead atoms. The number of anilines is 1. The zero-order chi connectivity index (χ0) is 15.4. The third kappa shape index (κ3) is 3.88. The summed E-state index contributed by atoms with van der Waals surface area (Å²) in [4.78, 5) is 25.4. The van der Waals surface area contributed by atoms with E-state index in [1.807, 2.05) is 4.90 Å². The summed E-state index contributed by atoms with van der Waals surface area (Å²) < 4.78 is 0. The highest BCUT2D eigenvalue weighted by molar-refractivity contribution is 6.34. The molecule has 1 heterocycles. The van der Waals surface area contributed by atoms with Crippen LogP contribution < -0.4 is 11.1 Å². The van der Waals surface area contributed by atoms with Gasteiger partial charge in [-0.1, -0.05) is 24.6 Å². The van der Waals surface area contributed by atoms with Gasteiger partial charge < -0.3 is 16.0 Å². The Morgan fingerprint density at radius 2 is 2.05 bits per heavy atom. The lowest BCUT2D eigenvalue weighted by atomic mass is 9.99. The van der Waals surface area contributed by atoms with E-state index in [0.29, 0.717) is 11.6 Å². The van der Waals surface area contributed by atoms with Crippen molar-refractivity contribution in [3.63, 3.8) is 0 Å². The summed E-state index contributed by atoms with van der Waals surface area (Å²) in [6.45, 7) is 3.92. The summed E-state index contributed by atoms with van der Waals surface area (Å²) >= 11 is 5.97. The van der Waals surface area contributed by atoms with E-state index >= 15 is 0 Å². The highest BCUT2D eigenvalue weighted by Crippen LogP contribution is 2.24. The molecular formula is C15H20ClN3O2. The minimum Gasteiger partial charge on any atom is -0.375 e. The van der Waals surface area contributed by atoms with Crippen LogP contribution in [0.3, 0.4) is 0 Å². The molecule has 5 nitrogen and oxygen atoms in total. The van der Waals surface area contributed by atoms with Crippen LogP contribution in [0.4, 0.5) is 5.69 Å². The fraction of sp³-hybridized carbons (Fsp3) is 0.467. The number of rotatable bonds is 4. The predicted molar refractivity (Wildman–Crippen MR) is 83.4 cm³/mol. The lowest BCUT2D eigenvalue weighted by Crippen LogP contribution is -2.41. The Hall–Kier alpha value is -1.75. The number of nitrogens with one attached hydrogen (secondary N) is 1. The Bertz CT molecular complexity index is 540. The van der Waals surface area contributed by atoms with Crippen LogP contribution in [0.1, 0.15) is 30.1 Å². The summed E-state index contributed by atoms with van der Waals surface area (Å²) in [6.07, 6.45) is 2.07. The monoisotopic (exact) mass is 309 g/mol. The maximum Gasteiger partial charge on any atom is 0.252 e. The molecule has 1 saturated heterocycles. The average Bonchev–Trinajstić information content (AvgIpc) is 2.45. The first-order chi connectivity index (χ1) is 9.99. The van der Waals surface area contributed by atoms with Crippen molar-refractivity contribution < 1.29 is 9.59 Å². The molecule has 1 aliphatic heterocycles. The first-order valence-corrected chi connectivity index (χ1v) is 7.46. The standard InChI is InChI=1S/C15H20ClN3O2/c1-10-5-7-19(8-6-10)13(20)9-18-12-4-2-3-11(16)14(12)15(17)21/h2-4,10,18H,5-9H2,1H3,(H2,17,21). The maximum atomic E-state index is 12.2. The third-order valence-corrected chi connectivity index (χ3v) is 4.14. The Kier molecular flexibility index (Phi) is 5.07. The molecule has 21 heavy (non-hydrogen) atoms. The van der Waals surface area contributed by atoms with Crippen molar-refractivity contribution in [2.24, 2.45) is 11.7 Å². The van der Waals surface area contributed by atoms with Crippen LogP contribution in [-0.4, -0.2) is 36.3 Å². The van der Waals surface area contributed by atoms with E-state index in [2.05, 4.69) is 12.2 Å². The number of amides is 2. The summed E-state index contributed by atoms with van der Waals surface area (Å²) in [7, 11) is 0. The van der Waals surface area contributed by atoms with Gasteiger partial charge in [0.2, 0.25) is 5.91 Å². The van der Waals surface area contributed by atoms with Gasteiger partial charge in [0.05, 0.1) is 17.1 Å². The normalized spacial score (nSPS) is 15.8. The van der Waals surface area contributed by atoms with E-state index in [0.717, 1.165) is 25.9 Å². The Morgan fingerprint density at radius 3 is 2.67 bits per heavy atom. The lowest BCUT2D eigenvalue weighted by molar-refractivity contribution is -0.130. The van der Waals surface area contributed by atoms with E-state index in [9.17, 15) is 9.59 Å². The van der Waals surface area contributed by atoms with Gasteiger partial charge in [-0.3, -0.25) is 9.59 Å². The highest BCUT2D eigenvalue weighted by Gasteiger charge is 2.20. The number of primary amides is 1. The second-order valence-corrected chi connectivity index (χ2v) is 5.85. The number of nitrogens with two attached hydrogens (primary N) is 1. The lowest BCUT2D eigenvalue weighted by Gasteiger charge is -2.30. The molecule has 0 atom stereocenters. The zero-order valence-corrected chi connectivity index (χ0v) is 12.8. The molecule has 3 N–H and O–H groups in total. The van der Waals surface area contributed by atoms with Gasteiger partial charge in [0, 0.05) is 18.8 Å². The van der Waals surface area contributed by atoms with Crippen LogP contribution in [-0.2, 0) is 4.79 Å². The minimum atomic E-state index is -0.609. The summed E-state index contributed by atoms with van der Waals surface area (Å²) in [5.74, 6) is 0.0936. The molecule has 0 spiro atoms. The number of hydrogen-bond donors (Lipinski definition) is 2. The molecule has 2 rings (SSSR count). The molecule has 0 aliphatic carbocycles. The number of carbonyl (C=O) groups is 2. The second kappa shape index (κ2) is 6.80.